The third kappa shape index (κ3) is 4.71. The van der Waals surface area contributed by atoms with Crippen LogP contribution < -0.4 is 4.74 Å². The number of rotatable bonds is 8. The Morgan fingerprint density at radius 2 is 2.00 bits per heavy atom. The number of hydrogen-bond acceptors (Lipinski definition) is 9. The van der Waals surface area contributed by atoms with Gasteiger partial charge in [0.05, 0.1) is 23.5 Å². The van der Waals surface area contributed by atoms with Crippen LogP contribution >= 0.6 is 0 Å². The summed E-state index contributed by atoms with van der Waals surface area (Å²) in [5.74, 6) is 1.20. The first-order valence-electron chi connectivity index (χ1n) is 9.21. The fraction of sp³-hybridized carbons (Fsp3) is 0.529. The van der Waals surface area contributed by atoms with E-state index in [1.165, 1.54) is 23.5 Å². The first kappa shape index (κ1) is 21.1. The minimum atomic E-state index is -3.85. The number of methoxy groups -OCH3 is 1. The first-order chi connectivity index (χ1) is 13.8. The maximum absolute atomic E-state index is 12.9. The number of hydrogen-bond donors (Lipinski definition) is 0. The summed E-state index contributed by atoms with van der Waals surface area (Å²) in [5.41, 5.74) is -0.383. The number of piperazine rings is 1. The summed E-state index contributed by atoms with van der Waals surface area (Å²) in [5, 5.41) is 15.1. The molecule has 2 heterocycles. The molecule has 0 N–H and O–H groups in total. The van der Waals surface area contributed by atoms with Gasteiger partial charge in [0.25, 0.3) is 0 Å². The van der Waals surface area contributed by atoms with Crippen molar-refractivity contribution in [2.24, 2.45) is 0 Å². The fourth-order valence-electron chi connectivity index (χ4n) is 3.12. The molecule has 11 nitrogen and oxygen atoms in total. The van der Waals surface area contributed by atoms with Crippen molar-refractivity contribution >= 4 is 15.7 Å². The monoisotopic (exact) mass is 425 g/mol. The lowest BCUT2D eigenvalue weighted by atomic mass is 10.3. The molecule has 0 amide bonds. The molecule has 1 aliphatic heterocycles. The quantitative estimate of drug-likeness (QED) is 0.455. The summed E-state index contributed by atoms with van der Waals surface area (Å²) in [6, 6.07) is 3.65. The summed E-state index contributed by atoms with van der Waals surface area (Å²) in [6.07, 6.45) is 1.68. The summed E-state index contributed by atoms with van der Waals surface area (Å²) in [4.78, 5) is 16.8. The maximum atomic E-state index is 12.9. The fourth-order valence-corrected chi connectivity index (χ4v) is 4.56. The molecule has 1 aliphatic rings. The van der Waals surface area contributed by atoms with Crippen LogP contribution in [0, 0.1) is 10.1 Å². The number of nitrogens with zero attached hydrogens (tertiary/aromatic N) is 5. The lowest BCUT2D eigenvalue weighted by Crippen LogP contribution is -2.48. The summed E-state index contributed by atoms with van der Waals surface area (Å²) in [6.45, 7) is 3.99. The van der Waals surface area contributed by atoms with Crippen molar-refractivity contribution in [1.82, 2.24) is 19.3 Å². The van der Waals surface area contributed by atoms with Gasteiger partial charge in [0, 0.05) is 38.7 Å². The van der Waals surface area contributed by atoms with Gasteiger partial charge in [-0.3, -0.25) is 15.0 Å². The van der Waals surface area contributed by atoms with Crippen molar-refractivity contribution in [3.8, 4) is 5.75 Å². The molecule has 1 aromatic carbocycles. The molecule has 0 bridgehead atoms. The van der Waals surface area contributed by atoms with Crippen LogP contribution in [-0.2, 0) is 23.0 Å². The van der Waals surface area contributed by atoms with Gasteiger partial charge in [-0.25, -0.2) is 8.42 Å². The van der Waals surface area contributed by atoms with Crippen LogP contribution in [0.15, 0.2) is 27.6 Å². The van der Waals surface area contributed by atoms with Gasteiger partial charge in [0.1, 0.15) is 0 Å². The SMILES string of the molecule is CCCc1noc(CN2CCN(S(=O)(=O)c3ccc(OC)c([N+](=O)[O-])c3)CC2)n1. The van der Waals surface area contributed by atoms with Gasteiger partial charge in [-0.2, -0.15) is 9.29 Å². The van der Waals surface area contributed by atoms with Crippen LogP contribution in [-0.4, -0.2) is 66.0 Å². The Labute approximate surface area is 168 Å². The highest BCUT2D eigenvalue weighted by atomic mass is 32.2. The highest BCUT2D eigenvalue weighted by molar-refractivity contribution is 7.89. The Kier molecular flexibility index (Phi) is 6.45. The van der Waals surface area contributed by atoms with Gasteiger partial charge in [0.15, 0.2) is 11.6 Å². The minimum Gasteiger partial charge on any atom is -0.490 e. The van der Waals surface area contributed by atoms with Gasteiger partial charge in [-0.05, 0) is 18.6 Å². The van der Waals surface area contributed by atoms with Crippen molar-refractivity contribution in [3.63, 3.8) is 0 Å². The molecule has 158 valence electrons. The molecule has 12 heteroatoms. The van der Waals surface area contributed by atoms with E-state index < -0.39 is 14.9 Å². The van der Waals surface area contributed by atoms with Crippen LogP contribution in [0.2, 0.25) is 0 Å². The predicted octanol–water partition coefficient (Wildman–Crippen LogP) is 1.45. The molecule has 0 atom stereocenters. The number of sulfonamides is 1. The molecule has 3 rings (SSSR count). The van der Waals surface area contributed by atoms with Gasteiger partial charge < -0.3 is 9.26 Å². The Morgan fingerprint density at radius 1 is 1.28 bits per heavy atom. The molecule has 2 aromatic rings. The van der Waals surface area contributed by atoms with E-state index in [1.54, 1.807) is 0 Å². The summed E-state index contributed by atoms with van der Waals surface area (Å²) in [7, 11) is -2.55. The van der Waals surface area contributed by atoms with E-state index in [0.717, 1.165) is 18.9 Å². The van der Waals surface area contributed by atoms with E-state index in [9.17, 15) is 18.5 Å². The lowest BCUT2D eigenvalue weighted by molar-refractivity contribution is -0.386. The Morgan fingerprint density at radius 3 is 2.62 bits per heavy atom. The molecule has 0 saturated carbocycles. The van der Waals surface area contributed by atoms with Gasteiger partial charge in [0.2, 0.25) is 15.9 Å². The largest absolute Gasteiger partial charge is 0.490 e. The molecule has 1 fully saturated rings. The van der Waals surface area contributed by atoms with E-state index in [0.29, 0.717) is 31.3 Å². The second-order valence-electron chi connectivity index (χ2n) is 6.63. The smallest absolute Gasteiger partial charge is 0.312 e. The zero-order valence-electron chi connectivity index (χ0n) is 16.3. The number of aryl methyl sites for hydroxylation is 1. The van der Waals surface area contributed by atoms with E-state index in [-0.39, 0.29) is 29.4 Å². The van der Waals surface area contributed by atoms with Crippen molar-refractivity contribution in [2.45, 2.75) is 31.2 Å². The molecule has 0 aliphatic carbocycles. The molecule has 0 spiro atoms. The molecule has 1 saturated heterocycles. The standard InChI is InChI=1S/C17H23N5O6S/c1-3-4-16-18-17(28-19-16)12-20-7-9-21(10-8-20)29(25,26)13-5-6-15(27-2)14(11-13)22(23)24/h5-6,11H,3-4,7-10,12H2,1-2H3. The second kappa shape index (κ2) is 8.84. The van der Waals surface area contributed by atoms with Crippen molar-refractivity contribution < 1.29 is 22.6 Å². The first-order valence-corrected chi connectivity index (χ1v) is 10.7. The average Bonchev–Trinajstić information content (AvgIpc) is 3.15. The number of aromatic nitrogens is 2. The maximum Gasteiger partial charge on any atom is 0.312 e. The highest BCUT2D eigenvalue weighted by Crippen LogP contribution is 2.30. The average molecular weight is 425 g/mol. The molecule has 0 radical (unpaired) electrons. The van der Waals surface area contributed by atoms with E-state index in [1.807, 2.05) is 11.8 Å². The van der Waals surface area contributed by atoms with Crippen molar-refractivity contribution in [3.05, 3.63) is 40.0 Å². The molecular weight excluding hydrogens is 402 g/mol. The topological polar surface area (TPSA) is 132 Å². The van der Waals surface area contributed by atoms with Crippen LogP contribution in [0.1, 0.15) is 25.1 Å². The summed E-state index contributed by atoms with van der Waals surface area (Å²) < 4.78 is 37.3. The Hall–Kier alpha value is -2.57. The van der Waals surface area contributed by atoms with Crippen LogP contribution in [0.4, 0.5) is 5.69 Å². The van der Waals surface area contributed by atoms with Crippen LogP contribution in [0.3, 0.4) is 0 Å². The predicted molar refractivity (Wildman–Crippen MR) is 102 cm³/mol. The van der Waals surface area contributed by atoms with E-state index in [4.69, 9.17) is 9.26 Å². The zero-order chi connectivity index (χ0) is 21.0. The Balaban J connectivity index is 1.66. The van der Waals surface area contributed by atoms with Gasteiger partial charge >= 0.3 is 5.69 Å². The number of nitro benzene ring substituents is 1. The normalized spacial score (nSPS) is 16.1. The third-order valence-corrected chi connectivity index (χ3v) is 6.55. The van der Waals surface area contributed by atoms with E-state index >= 15 is 0 Å². The van der Waals surface area contributed by atoms with Crippen molar-refractivity contribution in [2.75, 3.05) is 33.3 Å². The number of nitro groups is 1. The summed E-state index contributed by atoms with van der Waals surface area (Å²) >= 11 is 0. The van der Waals surface area contributed by atoms with Crippen molar-refractivity contribution in [1.29, 1.82) is 0 Å². The highest BCUT2D eigenvalue weighted by Gasteiger charge is 2.31. The molecule has 29 heavy (non-hydrogen) atoms. The number of ether oxygens (including phenoxy) is 1. The molecular formula is C17H23N5O6S. The number of benzene rings is 1. The van der Waals surface area contributed by atoms with Gasteiger partial charge in [-0.15, -0.1) is 0 Å². The molecule has 1 aromatic heterocycles. The second-order valence-corrected chi connectivity index (χ2v) is 8.56. The van der Waals surface area contributed by atoms with E-state index in [2.05, 4.69) is 10.1 Å². The van der Waals surface area contributed by atoms with Gasteiger partial charge in [-0.1, -0.05) is 12.1 Å². The minimum absolute atomic E-state index is 0.0146. The zero-order valence-corrected chi connectivity index (χ0v) is 17.1. The molecule has 0 unspecified atom stereocenters. The lowest BCUT2D eigenvalue weighted by Gasteiger charge is -2.33. The van der Waals surface area contributed by atoms with Crippen LogP contribution in [0.5, 0.6) is 5.75 Å². The third-order valence-electron chi connectivity index (χ3n) is 4.66. The Bertz CT molecular complexity index is 968. The van der Waals surface area contributed by atoms with Crippen LogP contribution in [0.25, 0.3) is 0 Å².